The molecule has 0 fully saturated rings. The van der Waals surface area contributed by atoms with Crippen LogP contribution in [0.25, 0.3) is 0 Å². The van der Waals surface area contributed by atoms with E-state index in [4.69, 9.17) is 22.9 Å². The van der Waals surface area contributed by atoms with Gasteiger partial charge in [-0.3, -0.25) is 0 Å². The molecule has 0 spiro atoms. The molecule has 0 aromatic rings. The SMILES string of the molecule is CCCCCCCC/C(N[C@@H](CCCCN)C(=O)O)=C(/CCCCCCCC(=O)[O-])N[C@@H](CCCCN)C(=O)O.CCCCCCCC/C(N[C@@H](CCCCN)C(=O)O)=C(/CCCCCCCC(=O)[O-])N[C@@H](CCCCN)C(=O)O.[Mg+2]. The van der Waals surface area contributed by atoms with Gasteiger partial charge in [0.15, 0.2) is 0 Å². The van der Waals surface area contributed by atoms with Crippen LogP contribution >= 0.6 is 0 Å². The van der Waals surface area contributed by atoms with E-state index < -0.39 is 60.0 Å². The number of carboxylic acid groups (broad SMARTS) is 6. The van der Waals surface area contributed by atoms with Crippen molar-refractivity contribution in [3.63, 3.8) is 0 Å². The molecule has 0 saturated carbocycles. The number of hydrogen-bond donors (Lipinski definition) is 12. The quantitative estimate of drug-likeness (QED) is 0.0212. The van der Waals surface area contributed by atoms with Gasteiger partial charge in [-0.15, -0.1) is 0 Å². The van der Waals surface area contributed by atoms with Crippen LogP contribution in [0.15, 0.2) is 22.8 Å². The monoisotopic (exact) mass is 1160 g/mol. The third-order valence-electron chi connectivity index (χ3n) is 14.3. The minimum absolute atomic E-state index is 0. The summed E-state index contributed by atoms with van der Waals surface area (Å²) in [5, 5.41) is 74.2. The molecule has 16 N–H and O–H groups in total. The van der Waals surface area contributed by atoms with Crippen LogP contribution in [0.4, 0.5) is 0 Å². The molecule has 0 heterocycles. The number of unbranched alkanes of at least 4 members (excludes halogenated alkanes) is 22. The van der Waals surface area contributed by atoms with E-state index >= 15 is 0 Å². The Hall–Kier alpha value is -3.89. The second-order valence-corrected chi connectivity index (χ2v) is 21.5. The van der Waals surface area contributed by atoms with Crippen LogP contribution in [0.1, 0.15) is 271 Å². The minimum atomic E-state index is -1.03. The Bertz CT molecular complexity index is 1560. The van der Waals surface area contributed by atoms with Gasteiger partial charge in [0.25, 0.3) is 0 Å². The Morgan fingerprint density at radius 3 is 0.667 bits per heavy atom. The Labute approximate surface area is 503 Å². The summed E-state index contributed by atoms with van der Waals surface area (Å²) in [6, 6.07) is -3.12. The van der Waals surface area contributed by atoms with Crippen LogP contribution in [0, 0.1) is 0 Å². The first-order chi connectivity index (χ1) is 38.5. The van der Waals surface area contributed by atoms with Gasteiger partial charge in [0.2, 0.25) is 0 Å². The molecule has 0 bridgehead atoms. The topological polar surface area (TPSA) is 382 Å². The summed E-state index contributed by atoms with van der Waals surface area (Å²) < 4.78 is 0. The summed E-state index contributed by atoms with van der Waals surface area (Å²) in [6.45, 7) is 6.36. The fourth-order valence-corrected chi connectivity index (χ4v) is 9.45. The zero-order valence-electron chi connectivity index (χ0n) is 50.5. The van der Waals surface area contributed by atoms with E-state index in [2.05, 4.69) is 35.1 Å². The largest absolute Gasteiger partial charge is 2.00 e. The second-order valence-electron chi connectivity index (χ2n) is 21.5. The van der Waals surface area contributed by atoms with Crippen LogP contribution in [0.2, 0.25) is 0 Å². The average Bonchev–Trinajstić information content (AvgIpc) is 3.41. The number of carbonyl (C=O) groups excluding carboxylic acids is 2. The molecule has 0 aliphatic carbocycles. The molecular formula is C60H114MgN8O12. The van der Waals surface area contributed by atoms with Crippen molar-refractivity contribution in [2.75, 3.05) is 26.2 Å². The third-order valence-corrected chi connectivity index (χ3v) is 14.3. The molecule has 20 nitrogen and oxygen atoms in total. The Balaban J connectivity index is -0.00000148. The Morgan fingerprint density at radius 1 is 0.309 bits per heavy atom. The molecule has 0 radical (unpaired) electrons. The van der Waals surface area contributed by atoms with Gasteiger partial charge in [-0.2, -0.15) is 0 Å². The van der Waals surface area contributed by atoms with Gasteiger partial charge in [-0.05, 0) is 180 Å². The number of carbonyl (C=O) groups is 6. The van der Waals surface area contributed by atoms with Crippen LogP contribution in [0.5, 0.6) is 0 Å². The van der Waals surface area contributed by atoms with Crippen molar-refractivity contribution in [3.8, 4) is 0 Å². The minimum Gasteiger partial charge on any atom is -0.550 e. The molecule has 0 aliphatic heterocycles. The molecular weight excluding hydrogens is 1050 g/mol. The smallest absolute Gasteiger partial charge is 0.550 e. The molecule has 4 atom stereocenters. The first-order valence-corrected chi connectivity index (χ1v) is 31.1. The maximum Gasteiger partial charge on any atom is 2.00 e. The fraction of sp³-hybridized carbons (Fsp3) is 0.833. The zero-order chi connectivity index (χ0) is 60.0. The fourth-order valence-electron chi connectivity index (χ4n) is 9.45. The Kier molecular flexibility index (Phi) is 58.1. The van der Waals surface area contributed by atoms with Gasteiger partial charge in [-0.25, -0.2) is 19.2 Å². The van der Waals surface area contributed by atoms with Crippen molar-refractivity contribution in [1.29, 1.82) is 0 Å². The number of carboxylic acids is 6. The van der Waals surface area contributed by atoms with E-state index in [-0.39, 0.29) is 35.9 Å². The van der Waals surface area contributed by atoms with Crippen molar-refractivity contribution < 1.29 is 59.4 Å². The number of aliphatic carboxylic acids is 6. The van der Waals surface area contributed by atoms with Gasteiger partial charge in [-0.1, -0.05) is 117 Å². The van der Waals surface area contributed by atoms with E-state index in [0.717, 1.165) is 151 Å². The van der Waals surface area contributed by atoms with Gasteiger partial charge >= 0.3 is 46.9 Å². The summed E-state index contributed by atoms with van der Waals surface area (Å²) in [5.41, 5.74) is 25.6. The summed E-state index contributed by atoms with van der Waals surface area (Å²) >= 11 is 0. The van der Waals surface area contributed by atoms with Crippen molar-refractivity contribution >= 4 is 58.9 Å². The molecule has 21 heteroatoms. The molecule has 468 valence electrons. The summed E-state index contributed by atoms with van der Waals surface area (Å²) in [4.78, 5) is 69.8. The van der Waals surface area contributed by atoms with Crippen LogP contribution in [0.3, 0.4) is 0 Å². The first kappa shape index (κ1) is 81.3. The number of nitrogens with two attached hydrogens (primary N) is 4. The van der Waals surface area contributed by atoms with E-state index in [1.54, 1.807) is 0 Å². The molecule has 0 aromatic heterocycles. The molecule has 81 heavy (non-hydrogen) atoms. The van der Waals surface area contributed by atoms with Crippen molar-refractivity contribution in [2.24, 2.45) is 22.9 Å². The van der Waals surface area contributed by atoms with Crippen LogP contribution in [-0.4, -0.2) is 130 Å². The number of rotatable bonds is 58. The summed E-state index contributed by atoms with van der Waals surface area (Å²) in [7, 11) is 0. The van der Waals surface area contributed by atoms with Crippen molar-refractivity contribution in [3.05, 3.63) is 22.8 Å². The third kappa shape index (κ3) is 49.3. The van der Waals surface area contributed by atoms with Gasteiger partial charge in [0.05, 0.1) is 0 Å². The maximum absolute atomic E-state index is 12.1. The predicted molar refractivity (Wildman–Crippen MR) is 320 cm³/mol. The maximum atomic E-state index is 12.1. The first-order valence-electron chi connectivity index (χ1n) is 31.1. The van der Waals surface area contributed by atoms with E-state index in [0.29, 0.717) is 116 Å². The molecule has 0 aliphatic rings. The Morgan fingerprint density at radius 2 is 0.494 bits per heavy atom. The normalized spacial score (nSPS) is 13.2. The van der Waals surface area contributed by atoms with E-state index in [9.17, 15) is 59.4 Å². The standard InChI is InChI=1S/2C30H58N4O6.Mg/c2*1-2-3-4-5-7-10-17-24(33-26(29(37)38)19-13-15-22-31)25(18-11-8-6-9-12-21-28(35)36)34-27(30(39)40)20-14-16-23-32;/h2*26-27,33-34H,2-23,31-32H2,1H3,(H,35,36)(H,37,38)(H,39,40);/q;;+2/p-2/b2*25-24+;/t2*26-,27-;/m00./s1. The van der Waals surface area contributed by atoms with E-state index in [1.807, 2.05) is 0 Å². The average molecular weight is 1160 g/mol. The van der Waals surface area contributed by atoms with Crippen LogP contribution in [-0.2, 0) is 28.8 Å². The molecule has 0 aromatic carbocycles. The van der Waals surface area contributed by atoms with Gasteiger partial charge in [0.1, 0.15) is 24.2 Å². The number of hydrogen-bond acceptors (Lipinski definition) is 16. The van der Waals surface area contributed by atoms with Gasteiger partial charge in [0, 0.05) is 34.7 Å². The molecule has 0 rings (SSSR count). The van der Waals surface area contributed by atoms with Crippen LogP contribution < -0.4 is 54.4 Å². The summed E-state index contributed by atoms with van der Waals surface area (Å²) in [5.74, 6) is -5.80. The predicted octanol–water partition coefficient (Wildman–Crippen LogP) is 7.16. The zero-order valence-corrected chi connectivity index (χ0v) is 51.9. The number of nitrogens with one attached hydrogen (secondary N) is 4. The molecule has 0 unspecified atom stereocenters. The van der Waals surface area contributed by atoms with Gasteiger partial charge < -0.3 is 84.4 Å². The van der Waals surface area contributed by atoms with E-state index in [1.165, 1.54) is 25.7 Å². The summed E-state index contributed by atoms with van der Waals surface area (Å²) in [6.07, 6.45) is 31.0. The molecule has 0 amide bonds. The second kappa shape index (κ2) is 57.9. The van der Waals surface area contributed by atoms with Crippen molar-refractivity contribution in [2.45, 2.75) is 295 Å². The van der Waals surface area contributed by atoms with Crippen molar-refractivity contribution in [1.82, 2.24) is 21.3 Å². The molecule has 0 saturated heterocycles. The number of allylic oxidation sites excluding steroid dienone is 4.